The number of hydrogen-bond acceptors (Lipinski definition) is 5. The highest BCUT2D eigenvalue weighted by atomic mass is 35.5. The molecule has 3 N–H and O–H groups in total. The van der Waals surface area contributed by atoms with E-state index in [-0.39, 0.29) is 6.04 Å². The predicted octanol–water partition coefficient (Wildman–Crippen LogP) is 5.63. The van der Waals surface area contributed by atoms with Gasteiger partial charge in [-0.1, -0.05) is 23.7 Å². The molecule has 156 valence electrons. The van der Waals surface area contributed by atoms with E-state index in [9.17, 15) is 0 Å². The highest BCUT2D eigenvalue weighted by Gasteiger charge is 2.09. The van der Waals surface area contributed by atoms with Crippen molar-refractivity contribution in [3.63, 3.8) is 0 Å². The molecule has 1 atom stereocenters. The summed E-state index contributed by atoms with van der Waals surface area (Å²) in [6.07, 6.45) is 0. The highest BCUT2D eigenvalue weighted by molar-refractivity contribution is 7.80. The number of anilines is 3. The Morgan fingerprint density at radius 2 is 1.80 bits per heavy atom. The lowest BCUT2D eigenvalue weighted by atomic mass is 10.1. The van der Waals surface area contributed by atoms with Crippen molar-refractivity contribution in [2.45, 2.75) is 26.8 Å². The summed E-state index contributed by atoms with van der Waals surface area (Å²) < 4.78 is 5.47. The monoisotopic (exact) mass is 441 g/mol. The molecule has 0 amide bonds. The second kappa shape index (κ2) is 10.2. The Morgan fingerprint density at radius 1 is 1.10 bits per heavy atom. The van der Waals surface area contributed by atoms with Crippen LogP contribution >= 0.6 is 23.8 Å². The van der Waals surface area contributed by atoms with E-state index < -0.39 is 0 Å². The molecule has 1 unspecified atom stereocenters. The third kappa shape index (κ3) is 6.30. The number of halogens is 1. The molecule has 30 heavy (non-hydrogen) atoms. The summed E-state index contributed by atoms with van der Waals surface area (Å²) in [5, 5.41) is 10.7. The molecule has 1 heterocycles. The molecule has 0 aliphatic carbocycles. The lowest BCUT2D eigenvalue weighted by Crippen LogP contribution is -2.31. The summed E-state index contributed by atoms with van der Waals surface area (Å²) in [5.74, 6) is 1.92. The van der Waals surface area contributed by atoms with E-state index in [0.29, 0.717) is 28.5 Å². The standard InChI is InChI=1S/C22H24ClN5OS/c1-4-29-19-11-9-18(10-12-19)26-20-13-14(2)24-21(27-20)28-22(30)25-15(3)16-5-7-17(23)8-6-16/h5-13,15H,4H2,1-3H3,(H3,24,25,26,27,28,30). The minimum absolute atomic E-state index is 0.00789. The van der Waals surface area contributed by atoms with Gasteiger partial charge in [0.05, 0.1) is 12.6 Å². The van der Waals surface area contributed by atoms with E-state index in [2.05, 4.69) is 25.9 Å². The first-order valence-electron chi connectivity index (χ1n) is 9.61. The molecule has 8 heteroatoms. The molecule has 3 aromatic rings. The Kier molecular flexibility index (Phi) is 7.43. The number of ether oxygens (including phenoxy) is 1. The van der Waals surface area contributed by atoms with E-state index in [0.717, 1.165) is 22.7 Å². The van der Waals surface area contributed by atoms with Gasteiger partial charge in [-0.05, 0) is 75.0 Å². The molecule has 3 rings (SSSR count). The van der Waals surface area contributed by atoms with Crippen molar-refractivity contribution >= 4 is 46.4 Å². The molecule has 0 aliphatic heterocycles. The molecular formula is C22H24ClN5OS. The molecule has 0 saturated heterocycles. The summed E-state index contributed by atoms with van der Waals surface area (Å²) in [6, 6.07) is 17.2. The van der Waals surface area contributed by atoms with Crippen LogP contribution in [0.5, 0.6) is 5.75 Å². The Balaban J connectivity index is 1.64. The summed E-state index contributed by atoms with van der Waals surface area (Å²) in [6.45, 7) is 6.52. The van der Waals surface area contributed by atoms with Crippen molar-refractivity contribution in [3.8, 4) is 5.75 Å². The van der Waals surface area contributed by atoms with Crippen LogP contribution in [0.3, 0.4) is 0 Å². The predicted molar refractivity (Wildman–Crippen MR) is 127 cm³/mol. The van der Waals surface area contributed by atoms with E-state index in [1.54, 1.807) is 0 Å². The van der Waals surface area contributed by atoms with Gasteiger partial charge in [0.2, 0.25) is 5.95 Å². The molecule has 1 aromatic heterocycles. The first-order valence-corrected chi connectivity index (χ1v) is 10.4. The zero-order chi connectivity index (χ0) is 21.5. The van der Waals surface area contributed by atoms with E-state index in [1.165, 1.54) is 0 Å². The molecule has 0 fully saturated rings. The van der Waals surface area contributed by atoms with Crippen molar-refractivity contribution < 1.29 is 4.74 Å². The zero-order valence-corrected chi connectivity index (χ0v) is 18.6. The zero-order valence-electron chi connectivity index (χ0n) is 17.1. The quantitative estimate of drug-likeness (QED) is 0.410. The smallest absolute Gasteiger partial charge is 0.231 e. The van der Waals surface area contributed by atoms with Gasteiger partial charge in [0.25, 0.3) is 0 Å². The van der Waals surface area contributed by atoms with Gasteiger partial charge < -0.3 is 20.7 Å². The van der Waals surface area contributed by atoms with E-state index >= 15 is 0 Å². The average molecular weight is 442 g/mol. The molecule has 2 aromatic carbocycles. The van der Waals surface area contributed by atoms with Crippen LogP contribution in [0.15, 0.2) is 54.6 Å². The lowest BCUT2D eigenvalue weighted by molar-refractivity contribution is 0.340. The van der Waals surface area contributed by atoms with Crippen LogP contribution in [0, 0.1) is 6.92 Å². The highest BCUT2D eigenvalue weighted by Crippen LogP contribution is 2.20. The van der Waals surface area contributed by atoms with Crippen LogP contribution < -0.4 is 20.7 Å². The van der Waals surface area contributed by atoms with Crippen molar-refractivity contribution in [2.75, 3.05) is 17.2 Å². The molecule has 0 spiro atoms. The summed E-state index contributed by atoms with van der Waals surface area (Å²) in [4.78, 5) is 8.93. The van der Waals surface area contributed by atoms with Crippen molar-refractivity contribution in [2.24, 2.45) is 0 Å². The number of nitrogens with zero attached hydrogens (tertiary/aromatic N) is 2. The summed E-state index contributed by atoms with van der Waals surface area (Å²) in [7, 11) is 0. The Bertz CT molecular complexity index is 995. The second-order valence-electron chi connectivity index (χ2n) is 6.67. The first kappa shape index (κ1) is 21.8. The Hall–Kier alpha value is -2.90. The van der Waals surface area contributed by atoms with Crippen molar-refractivity contribution in [1.82, 2.24) is 15.3 Å². The van der Waals surface area contributed by atoms with Crippen LogP contribution in [0.2, 0.25) is 5.02 Å². The number of aromatic nitrogens is 2. The number of nitrogens with one attached hydrogen (secondary N) is 3. The number of aryl methyl sites for hydroxylation is 1. The molecule has 0 aliphatic rings. The summed E-state index contributed by atoms with van der Waals surface area (Å²) in [5.41, 5.74) is 2.79. The van der Waals surface area contributed by atoms with Crippen LogP contribution in [0.1, 0.15) is 31.1 Å². The Labute approximate surface area is 187 Å². The number of benzene rings is 2. The maximum absolute atomic E-state index is 5.95. The fourth-order valence-electron chi connectivity index (χ4n) is 2.81. The lowest BCUT2D eigenvalue weighted by Gasteiger charge is -2.17. The van der Waals surface area contributed by atoms with Gasteiger partial charge >= 0.3 is 0 Å². The van der Waals surface area contributed by atoms with Crippen molar-refractivity contribution in [1.29, 1.82) is 0 Å². The van der Waals surface area contributed by atoms with Gasteiger partial charge in [-0.15, -0.1) is 0 Å². The minimum Gasteiger partial charge on any atom is -0.494 e. The van der Waals surface area contributed by atoms with Gasteiger partial charge in [0.1, 0.15) is 11.6 Å². The van der Waals surface area contributed by atoms with Gasteiger partial charge in [-0.25, -0.2) is 4.98 Å². The average Bonchev–Trinajstić information content (AvgIpc) is 2.69. The Morgan fingerprint density at radius 3 is 2.47 bits per heavy atom. The topological polar surface area (TPSA) is 71.1 Å². The van der Waals surface area contributed by atoms with Gasteiger partial charge in [0.15, 0.2) is 5.11 Å². The number of hydrogen-bond donors (Lipinski definition) is 3. The van der Waals surface area contributed by atoms with Crippen LogP contribution in [-0.4, -0.2) is 21.7 Å². The molecule has 0 bridgehead atoms. The maximum Gasteiger partial charge on any atom is 0.231 e. The van der Waals surface area contributed by atoms with Crippen LogP contribution in [0.4, 0.5) is 17.5 Å². The minimum atomic E-state index is 0.00789. The largest absolute Gasteiger partial charge is 0.494 e. The van der Waals surface area contributed by atoms with Crippen molar-refractivity contribution in [3.05, 3.63) is 70.9 Å². The molecular weight excluding hydrogens is 418 g/mol. The van der Waals surface area contributed by atoms with Gasteiger partial charge in [0, 0.05) is 22.5 Å². The van der Waals surface area contributed by atoms with Crippen LogP contribution in [-0.2, 0) is 0 Å². The fraction of sp³-hybridized carbons (Fsp3) is 0.227. The van der Waals surface area contributed by atoms with E-state index in [4.69, 9.17) is 28.6 Å². The molecule has 6 nitrogen and oxygen atoms in total. The second-order valence-corrected chi connectivity index (χ2v) is 7.52. The van der Waals surface area contributed by atoms with Gasteiger partial charge in [-0.3, -0.25) is 0 Å². The molecule has 0 saturated carbocycles. The molecule has 0 radical (unpaired) electrons. The third-order valence-electron chi connectivity index (χ3n) is 4.23. The number of thiocarbonyl (C=S) groups is 1. The maximum atomic E-state index is 5.95. The van der Waals surface area contributed by atoms with E-state index in [1.807, 2.05) is 75.4 Å². The fourth-order valence-corrected chi connectivity index (χ4v) is 3.20. The summed E-state index contributed by atoms with van der Waals surface area (Å²) >= 11 is 11.4. The van der Waals surface area contributed by atoms with Crippen LogP contribution in [0.25, 0.3) is 0 Å². The SMILES string of the molecule is CCOc1ccc(Nc2cc(C)nc(NC(=S)NC(C)c3ccc(Cl)cc3)n2)cc1. The first-order chi connectivity index (χ1) is 14.4. The third-order valence-corrected chi connectivity index (χ3v) is 4.71. The normalized spacial score (nSPS) is 11.5. The van der Waals surface area contributed by atoms with Gasteiger partial charge in [-0.2, -0.15) is 4.98 Å². The number of rotatable bonds is 7.